The van der Waals surface area contributed by atoms with Crippen molar-refractivity contribution in [3.63, 3.8) is 0 Å². The van der Waals surface area contributed by atoms with Gasteiger partial charge in [-0.25, -0.2) is 9.59 Å². The molecular formula is C17H25NO6. The van der Waals surface area contributed by atoms with Crippen molar-refractivity contribution in [2.45, 2.75) is 45.4 Å². The van der Waals surface area contributed by atoms with Crippen LogP contribution in [0.25, 0.3) is 0 Å². The fourth-order valence-corrected chi connectivity index (χ4v) is 1.95. The molecule has 0 aliphatic heterocycles. The number of carbonyl (C=O) groups is 2. The fraction of sp³-hybridized carbons (Fsp3) is 0.529. The van der Waals surface area contributed by atoms with Crippen LogP contribution in [0.3, 0.4) is 0 Å². The zero-order valence-electron chi connectivity index (χ0n) is 14.7. The van der Waals surface area contributed by atoms with Gasteiger partial charge in [0.25, 0.3) is 0 Å². The fourth-order valence-electron chi connectivity index (χ4n) is 1.95. The number of alkyl carbamates (subject to hydrolysis) is 1. The van der Waals surface area contributed by atoms with E-state index in [1.807, 2.05) is 0 Å². The lowest BCUT2D eigenvalue weighted by Gasteiger charge is -2.26. The Balaban J connectivity index is 3.01. The first kappa shape index (κ1) is 19.8. The number of ether oxygens (including phenoxy) is 3. The first-order valence-electron chi connectivity index (χ1n) is 7.66. The highest BCUT2D eigenvalue weighted by atomic mass is 16.6. The summed E-state index contributed by atoms with van der Waals surface area (Å²) in [5.74, 6) is -0.213. The van der Waals surface area contributed by atoms with Crippen LogP contribution in [0.5, 0.6) is 5.75 Å². The molecule has 0 aliphatic carbocycles. The van der Waals surface area contributed by atoms with Gasteiger partial charge in [-0.05, 0) is 45.4 Å². The number of hydrogen-bond acceptors (Lipinski definition) is 6. The Morgan fingerprint density at radius 1 is 1.21 bits per heavy atom. The van der Waals surface area contributed by atoms with E-state index in [0.717, 1.165) is 0 Å². The van der Waals surface area contributed by atoms with E-state index in [4.69, 9.17) is 14.2 Å². The molecule has 0 saturated carbocycles. The average molecular weight is 339 g/mol. The summed E-state index contributed by atoms with van der Waals surface area (Å²) in [5.41, 5.74) is -0.189. The maximum atomic E-state index is 12.0. The average Bonchev–Trinajstić information content (AvgIpc) is 2.50. The smallest absolute Gasteiger partial charge is 0.408 e. The molecule has 0 saturated heterocycles. The van der Waals surface area contributed by atoms with E-state index in [1.54, 1.807) is 52.0 Å². The highest BCUT2D eigenvalue weighted by Gasteiger charge is 2.31. The van der Waals surface area contributed by atoms with Crippen molar-refractivity contribution in [2.24, 2.45) is 0 Å². The molecule has 0 unspecified atom stereocenters. The largest absolute Gasteiger partial charge is 0.497 e. The second-order valence-corrected chi connectivity index (χ2v) is 6.09. The van der Waals surface area contributed by atoms with E-state index in [0.29, 0.717) is 11.3 Å². The molecule has 0 spiro atoms. The first-order valence-corrected chi connectivity index (χ1v) is 7.66. The Morgan fingerprint density at radius 2 is 1.79 bits per heavy atom. The molecule has 7 heteroatoms. The second kappa shape index (κ2) is 8.54. The van der Waals surface area contributed by atoms with Crippen LogP contribution in [0.2, 0.25) is 0 Å². The van der Waals surface area contributed by atoms with Crippen LogP contribution in [0, 0.1) is 0 Å². The van der Waals surface area contributed by atoms with Gasteiger partial charge in [0, 0.05) is 0 Å². The summed E-state index contributed by atoms with van der Waals surface area (Å²) in [6.07, 6.45) is -2.31. The quantitative estimate of drug-likeness (QED) is 0.772. The zero-order chi connectivity index (χ0) is 18.3. The van der Waals surface area contributed by atoms with Crippen LogP contribution in [-0.4, -0.2) is 42.6 Å². The molecule has 1 aromatic rings. The van der Waals surface area contributed by atoms with Crippen LogP contribution in [0.1, 0.15) is 39.3 Å². The van der Waals surface area contributed by atoms with Crippen molar-refractivity contribution in [2.75, 3.05) is 13.7 Å². The van der Waals surface area contributed by atoms with Crippen molar-refractivity contribution in [3.05, 3.63) is 29.8 Å². The summed E-state index contributed by atoms with van der Waals surface area (Å²) in [5, 5.41) is 12.8. The number of hydrogen-bond donors (Lipinski definition) is 2. The second-order valence-electron chi connectivity index (χ2n) is 6.09. The molecule has 1 amide bonds. The molecule has 0 aliphatic rings. The van der Waals surface area contributed by atoms with E-state index in [9.17, 15) is 14.7 Å². The monoisotopic (exact) mass is 339 g/mol. The van der Waals surface area contributed by atoms with Crippen molar-refractivity contribution in [1.82, 2.24) is 5.32 Å². The summed E-state index contributed by atoms with van der Waals surface area (Å²) in [4.78, 5) is 23.9. The number of rotatable bonds is 6. The van der Waals surface area contributed by atoms with Gasteiger partial charge < -0.3 is 24.6 Å². The van der Waals surface area contributed by atoms with Gasteiger partial charge in [-0.3, -0.25) is 0 Å². The van der Waals surface area contributed by atoms with Crippen LogP contribution in [0.4, 0.5) is 4.79 Å². The molecule has 0 bridgehead atoms. The SMILES string of the molecule is CCOC(=O)[C@@H](O)[C@@H](NC(=O)OC(C)(C)C)c1ccc(OC)cc1. The van der Waals surface area contributed by atoms with Crippen molar-refractivity contribution in [1.29, 1.82) is 0 Å². The third-order valence-corrected chi connectivity index (χ3v) is 2.99. The third-order valence-electron chi connectivity index (χ3n) is 2.99. The minimum absolute atomic E-state index is 0.123. The molecule has 0 heterocycles. The lowest BCUT2D eigenvalue weighted by Crippen LogP contribution is -2.43. The Labute approximate surface area is 141 Å². The Bertz CT molecular complexity index is 549. The maximum Gasteiger partial charge on any atom is 0.408 e. The number of carbonyl (C=O) groups excluding carboxylic acids is 2. The molecular weight excluding hydrogens is 314 g/mol. The Kier molecular flexibility index (Phi) is 7.03. The van der Waals surface area contributed by atoms with Crippen LogP contribution in [0.15, 0.2) is 24.3 Å². The van der Waals surface area contributed by atoms with E-state index >= 15 is 0 Å². The van der Waals surface area contributed by atoms with Crippen molar-refractivity contribution < 1.29 is 28.9 Å². The van der Waals surface area contributed by atoms with E-state index < -0.39 is 29.8 Å². The maximum absolute atomic E-state index is 12.0. The van der Waals surface area contributed by atoms with Gasteiger partial charge >= 0.3 is 12.1 Å². The number of aliphatic hydroxyl groups is 1. The highest BCUT2D eigenvalue weighted by Crippen LogP contribution is 2.22. The molecule has 1 rings (SSSR count). The predicted molar refractivity (Wildman–Crippen MR) is 87.7 cm³/mol. The van der Waals surface area contributed by atoms with Crippen molar-refractivity contribution in [3.8, 4) is 5.75 Å². The van der Waals surface area contributed by atoms with E-state index in [-0.39, 0.29) is 6.61 Å². The number of nitrogens with one attached hydrogen (secondary N) is 1. The minimum Gasteiger partial charge on any atom is -0.497 e. The molecule has 1 aromatic carbocycles. The number of benzene rings is 1. The number of amides is 1. The molecule has 7 nitrogen and oxygen atoms in total. The highest BCUT2D eigenvalue weighted by molar-refractivity contribution is 5.77. The third kappa shape index (κ3) is 6.08. The van der Waals surface area contributed by atoms with Crippen LogP contribution in [-0.2, 0) is 14.3 Å². The molecule has 2 N–H and O–H groups in total. The van der Waals surface area contributed by atoms with Gasteiger partial charge in [0.15, 0.2) is 6.10 Å². The predicted octanol–water partition coefficient (Wildman–Crippen LogP) is 2.18. The summed E-state index contributed by atoms with van der Waals surface area (Å²) in [7, 11) is 1.53. The number of esters is 1. The Hall–Kier alpha value is -2.28. The molecule has 0 radical (unpaired) electrons. The van der Waals surface area contributed by atoms with Gasteiger partial charge in [-0.1, -0.05) is 12.1 Å². The number of aliphatic hydroxyl groups excluding tert-OH is 1. The van der Waals surface area contributed by atoms with Crippen LogP contribution < -0.4 is 10.1 Å². The van der Waals surface area contributed by atoms with E-state index in [2.05, 4.69) is 5.32 Å². The zero-order valence-corrected chi connectivity index (χ0v) is 14.7. The molecule has 0 aromatic heterocycles. The van der Waals surface area contributed by atoms with Crippen LogP contribution >= 0.6 is 0 Å². The minimum atomic E-state index is -1.56. The Morgan fingerprint density at radius 3 is 2.25 bits per heavy atom. The standard InChI is InChI=1S/C17H25NO6/c1-6-23-15(20)14(19)13(18-16(21)24-17(2,3)4)11-7-9-12(22-5)10-8-11/h7-10,13-14,19H,6H2,1-5H3,(H,18,21)/t13-,14-/m0/s1. The normalized spacial score (nSPS) is 13.6. The summed E-state index contributed by atoms with van der Waals surface area (Å²) in [6, 6.07) is 5.60. The van der Waals surface area contributed by atoms with E-state index in [1.165, 1.54) is 7.11 Å². The lowest BCUT2D eigenvalue weighted by molar-refractivity contribution is -0.154. The first-order chi connectivity index (χ1) is 11.2. The van der Waals surface area contributed by atoms with Gasteiger partial charge in [-0.2, -0.15) is 0 Å². The number of methoxy groups -OCH3 is 1. The summed E-state index contributed by atoms with van der Waals surface area (Å²) >= 11 is 0. The van der Waals surface area contributed by atoms with Gasteiger partial charge in [-0.15, -0.1) is 0 Å². The molecule has 2 atom stereocenters. The van der Waals surface area contributed by atoms with Gasteiger partial charge in [0.2, 0.25) is 0 Å². The topological polar surface area (TPSA) is 94.1 Å². The molecule has 24 heavy (non-hydrogen) atoms. The molecule has 134 valence electrons. The lowest BCUT2D eigenvalue weighted by atomic mass is 10.0. The molecule has 0 fully saturated rings. The summed E-state index contributed by atoms with van der Waals surface area (Å²) in [6.45, 7) is 6.91. The van der Waals surface area contributed by atoms with Gasteiger partial charge in [0.05, 0.1) is 19.8 Å². The van der Waals surface area contributed by atoms with Crippen molar-refractivity contribution >= 4 is 12.1 Å². The summed E-state index contributed by atoms with van der Waals surface area (Å²) < 4.78 is 15.1. The van der Waals surface area contributed by atoms with Gasteiger partial charge in [0.1, 0.15) is 11.4 Å².